The number of furan rings is 1. The normalized spacial score (nSPS) is 10.3. The first-order valence-corrected chi connectivity index (χ1v) is 8.84. The quantitative estimate of drug-likeness (QED) is 0.627. The Bertz CT molecular complexity index is 938. The Hall–Kier alpha value is -3.61. The maximum absolute atomic E-state index is 12.3. The van der Waals surface area contributed by atoms with E-state index >= 15 is 0 Å². The van der Waals surface area contributed by atoms with Crippen molar-refractivity contribution < 1.29 is 18.7 Å². The smallest absolute Gasteiger partial charge is 0.270 e. The van der Waals surface area contributed by atoms with E-state index in [9.17, 15) is 9.59 Å². The van der Waals surface area contributed by atoms with E-state index in [1.807, 2.05) is 24.3 Å². The van der Waals surface area contributed by atoms with Crippen molar-refractivity contribution in [3.8, 4) is 5.75 Å². The third-order valence-corrected chi connectivity index (χ3v) is 4.05. The van der Waals surface area contributed by atoms with Crippen molar-refractivity contribution in [1.29, 1.82) is 0 Å². The SMILES string of the molecule is COc1cccc(CCNC(=O)c2cccc(C(=O)NCc3ccco3)n2)c1. The molecule has 0 saturated carbocycles. The maximum atomic E-state index is 12.3. The summed E-state index contributed by atoms with van der Waals surface area (Å²) in [5.74, 6) is 0.713. The van der Waals surface area contributed by atoms with Crippen molar-refractivity contribution in [3.63, 3.8) is 0 Å². The molecule has 144 valence electrons. The second-order valence-electron chi connectivity index (χ2n) is 6.03. The number of amides is 2. The molecule has 0 aliphatic rings. The van der Waals surface area contributed by atoms with E-state index in [0.717, 1.165) is 11.3 Å². The molecule has 0 atom stereocenters. The van der Waals surface area contributed by atoms with Crippen molar-refractivity contribution in [1.82, 2.24) is 15.6 Å². The number of hydrogen-bond acceptors (Lipinski definition) is 5. The summed E-state index contributed by atoms with van der Waals surface area (Å²) in [6.07, 6.45) is 2.20. The monoisotopic (exact) mass is 379 g/mol. The molecule has 3 aromatic rings. The zero-order valence-electron chi connectivity index (χ0n) is 15.5. The van der Waals surface area contributed by atoms with Crippen molar-refractivity contribution in [2.45, 2.75) is 13.0 Å². The lowest BCUT2D eigenvalue weighted by molar-refractivity contribution is 0.0940. The van der Waals surface area contributed by atoms with E-state index < -0.39 is 0 Å². The first-order valence-electron chi connectivity index (χ1n) is 8.84. The zero-order valence-corrected chi connectivity index (χ0v) is 15.5. The van der Waals surface area contributed by atoms with E-state index in [1.54, 1.807) is 37.4 Å². The van der Waals surface area contributed by atoms with Gasteiger partial charge in [-0.1, -0.05) is 18.2 Å². The molecule has 2 aromatic heterocycles. The summed E-state index contributed by atoms with van der Waals surface area (Å²) in [4.78, 5) is 28.7. The Balaban J connectivity index is 1.53. The van der Waals surface area contributed by atoms with Gasteiger partial charge in [-0.15, -0.1) is 0 Å². The highest BCUT2D eigenvalue weighted by Gasteiger charge is 2.12. The second-order valence-corrected chi connectivity index (χ2v) is 6.03. The fourth-order valence-corrected chi connectivity index (χ4v) is 2.60. The highest BCUT2D eigenvalue weighted by molar-refractivity contribution is 5.96. The van der Waals surface area contributed by atoms with Gasteiger partial charge in [-0.05, 0) is 48.4 Å². The minimum absolute atomic E-state index is 0.173. The molecule has 2 N–H and O–H groups in total. The van der Waals surface area contributed by atoms with Gasteiger partial charge in [0.1, 0.15) is 22.9 Å². The predicted molar refractivity (Wildman–Crippen MR) is 103 cm³/mol. The molecule has 0 bridgehead atoms. The van der Waals surface area contributed by atoms with Gasteiger partial charge in [0, 0.05) is 6.54 Å². The topological polar surface area (TPSA) is 93.5 Å². The lowest BCUT2D eigenvalue weighted by Gasteiger charge is -2.08. The Morgan fingerprint density at radius 2 is 1.75 bits per heavy atom. The van der Waals surface area contributed by atoms with Gasteiger partial charge in [0.2, 0.25) is 0 Å². The third-order valence-electron chi connectivity index (χ3n) is 4.05. The average Bonchev–Trinajstić information content (AvgIpc) is 3.26. The van der Waals surface area contributed by atoms with E-state index in [2.05, 4.69) is 15.6 Å². The fraction of sp³-hybridized carbons (Fsp3) is 0.190. The van der Waals surface area contributed by atoms with Crippen LogP contribution in [0.2, 0.25) is 0 Å². The molecule has 2 heterocycles. The van der Waals surface area contributed by atoms with Crippen LogP contribution in [0.5, 0.6) is 5.75 Å². The third kappa shape index (κ3) is 5.20. The number of nitrogens with zero attached hydrogens (tertiary/aromatic N) is 1. The molecule has 0 fully saturated rings. The number of benzene rings is 1. The number of ether oxygens (including phenoxy) is 1. The van der Waals surface area contributed by atoms with Crippen LogP contribution in [0.4, 0.5) is 0 Å². The van der Waals surface area contributed by atoms with Crippen molar-refractivity contribution in [3.05, 3.63) is 83.6 Å². The molecule has 3 rings (SSSR count). The first-order chi connectivity index (χ1) is 13.7. The summed E-state index contributed by atoms with van der Waals surface area (Å²) in [6, 6.07) is 15.9. The molecule has 0 aliphatic carbocycles. The van der Waals surface area contributed by atoms with Gasteiger partial charge in [-0.2, -0.15) is 0 Å². The number of rotatable bonds is 8. The van der Waals surface area contributed by atoms with Crippen molar-refractivity contribution in [2.24, 2.45) is 0 Å². The minimum atomic E-state index is -0.373. The molecule has 0 saturated heterocycles. The summed E-state index contributed by atoms with van der Waals surface area (Å²) in [6.45, 7) is 0.701. The van der Waals surface area contributed by atoms with Gasteiger partial charge < -0.3 is 19.8 Å². The van der Waals surface area contributed by atoms with E-state index in [4.69, 9.17) is 9.15 Å². The fourth-order valence-electron chi connectivity index (χ4n) is 2.60. The van der Waals surface area contributed by atoms with E-state index in [1.165, 1.54) is 6.26 Å². The summed E-state index contributed by atoms with van der Waals surface area (Å²) in [5.41, 5.74) is 1.42. The van der Waals surface area contributed by atoms with Gasteiger partial charge in [0.25, 0.3) is 11.8 Å². The van der Waals surface area contributed by atoms with Gasteiger partial charge in [-0.3, -0.25) is 9.59 Å². The number of aromatic nitrogens is 1. The Kier molecular flexibility index (Phi) is 6.41. The van der Waals surface area contributed by atoms with Crippen LogP contribution in [-0.2, 0) is 13.0 Å². The molecule has 7 nitrogen and oxygen atoms in total. The Morgan fingerprint density at radius 1 is 1.00 bits per heavy atom. The van der Waals surface area contributed by atoms with Crippen molar-refractivity contribution >= 4 is 11.8 Å². The summed E-state index contributed by atoms with van der Waals surface area (Å²) in [7, 11) is 1.62. The molecule has 0 radical (unpaired) electrons. The van der Waals surface area contributed by atoms with Crippen LogP contribution >= 0.6 is 0 Å². The van der Waals surface area contributed by atoms with Crippen LogP contribution in [-0.4, -0.2) is 30.5 Å². The second kappa shape index (κ2) is 9.36. The van der Waals surface area contributed by atoms with Crippen LogP contribution in [0.3, 0.4) is 0 Å². The molecule has 2 amide bonds. The average molecular weight is 379 g/mol. The van der Waals surface area contributed by atoms with Gasteiger partial charge >= 0.3 is 0 Å². The molecule has 28 heavy (non-hydrogen) atoms. The van der Waals surface area contributed by atoms with Crippen LogP contribution in [0.25, 0.3) is 0 Å². The number of hydrogen-bond donors (Lipinski definition) is 2. The highest BCUT2D eigenvalue weighted by Crippen LogP contribution is 2.12. The predicted octanol–water partition coefficient (Wildman–Crippen LogP) is 2.59. The van der Waals surface area contributed by atoms with Crippen molar-refractivity contribution in [2.75, 3.05) is 13.7 Å². The van der Waals surface area contributed by atoms with Gasteiger partial charge in [0.05, 0.1) is 19.9 Å². The molecular formula is C21H21N3O4. The maximum Gasteiger partial charge on any atom is 0.270 e. The summed E-state index contributed by atoms with van der Waals surface area (Å²) >= 11 is 0. The number of carbonyl (C=O) groups excluding carboxylic acids is 2. The zero-order chi connectivity index (χ0) is 19.8. The lowest BCUT2D eigenvalue weighted by atomic mass is 10.1. The first kappa shape index (κ1) is 19.2. The van der Waals surface area contributed by atoms with Gasteiger partial charge in [-0.25, -0.2) is 4.98 Å². The highest BCUT2D eigenvalue weighted by atomic mass is 16.5. The number of methoxy groups -OCH3 is 1. The molecule has 7 heteroatoms. The number of pyridine rings is 1. The molecule has 0 unspecified atom stereocenters. The number of nitrogens with one attached hydrogen (secondary N) is 2. The molecule has 1 aromatic carbocycles. The van der Waals surface area contributed by atoms with E-state index in [0.29, 0.717) is 18.7 Å². The largest absolute Gasteiger partial charge is 0.497 e. The molecular weight excluding hydrogens is 358 g/mol. The summed E-state index contributed by atoms with van der Waals surface area (Å²) in [5, 5.41) is 5.52. The lowest BCUT2D eigenvalue weighted by Crippen LogP contribution is -2.28. The molecule has 0 aliphatic heterocycles. The Labute approximate surface area is 162 Å². The minimum Gasteiger partial charge on any atom is -0.497 e. The van der Waals surface area contributed by atoms with Crippen LogP contribution in [0.1, 0.15) is 32.3 Å². The standard InChI is InChI=1S/C21H21N3O4/c1-27-16-6-2-5-15(13-16)10-11-22-20(25)18-8-3-9-19(24-18)21(26)23-14-17-7-4-12-28-17/h2-9,12-13H,10-11,14H2,1H3,(H,22,25)(H,23,26). The van der Waals surface area contributed by atoms with E-state index in [-0.39, 0.29) is 29.7 Å². The number of carbonyl (C=O) groups is 2. The summed E-state index contributed by atoms with van der Waals surface area (Å²) < 4.78 is 10.4. The van der Waals surface area contributed by atoms with Crippen LogP contribution in [0, 0.1) is 0 Å². The van der Waals surface area contributed by atoms with Gasteiger partial charge in [0.15, 0.2) is 0 Å². The van der Waals surface area contributed by atoms with Crippen LogP contribution < -0.4 is 15.4 Å². The molecule has 0 spiro atoms. The van der Waals surface area contributed by atoms with Crippen LogP contribution in [0.15, 0.2) is 65.3 Å². The Morgan fingerprint density at radius 3 is 2.46 bits per heavy atom.